The van der Waals surface area contributed by atoms with E-state index in [1.165, 1.54) is 6.08 Å². The topological polar surface area (TPSA) is 123 Å². The van der Waals surface area contributed by atoms with Crippen molar-refractivity contribution in [1.29, 1.82) is 5.41 Å². The van der Waals surface area contributed by atoms with Crippen LogP contribution in [0.15, 0.2) is 95.5 Å². The molecule has 8 nitrogen and oxygen atoms in total. The molecule has 0 bridgehead atoms. The van der Waals surface area contributed by atoms with E-state index in [9.17, 15) is 9.59 Å². The minimum Gasteiger partial charge on any atom is -0.370 e. The van der Waals surface area contributed by atoms with Gasteiger partial charge in [-0.25, -0.2) is 0 Å². The lowest BCUT2D eigenvalue weighted by Crippen LogP contribution is -2.49. The Kier molecular flexibility index (Phi) is 11.7. The van der Waals surface area contributed by atoms with Crippen LogP contribution >= 0.6 is 15.9 Å². The number of nitrogens with one attached hydrogen (secondary N) is 4. The van der Waals surface area contributed by atoms with E-state index < -0.39 is 6.04 Å². The highest BCUT2D eigenvalue weighted by Gasteiger charge is 2.32. The minimum atomic E-state index is -0.409. The van der Waals surface area contributed by atoms with E-state index in [2.05, 4.69) is 56.1 Å². The number of carbonyl (C=O) groups is 2. The molecule has 1 fully saturated rings. The van der Waals surface area contributed by atoms with Gasteiger partial charge in [0.2, 0.25) is 11.8 Å². The fraction of sp³-hybridized carbons (Fsp3) is 0.303. The van der Waals surface area contributed by atoms with Gasteiger partial charge in [0, 0.05) is 48.7 Å². The highest BCUT2D eigenvalue weighted by molar-refractivity contribution is 9.10. The molecule has 2 atom stereocenters. The molecule has 0 spiro atoms. The Morgan fingerprint density at radius 2 is 1.67 bits per heavy atom. The van der Waals surface area contributed by atoms with Crippen LogP contribution in [0.4, 0.5) is 0 Å². The van der Waals surface area contributed by atoms with E-state index in [0.29, 0.717) is 45.4 Å². The van der Waals surface area contributed by atoms with Gasteiger partial charge in [0.1, 0.15) is 0 Å². The van der Waals surface area contributed by atoms with Gasteiger partial charge in [0.15, 0.2) is 5.96 Å². The first-order chi connectivity index (χ1) is 20.4. The van der Waals surface area contributed by atoms with Gasteiger partial charge in [0.25, 0.3) is 0 Å². The molecule has 4 rings (SSSR count). The van der Waals surface area contributed by atoms with Crippen molar-refractivity contribution in [1.82, 2.24) is 20.9 Å². The zero-order chi connectivity index (χ0) is 29.7. The van der Waals surface area contributed by atoms with Crippen molar-refractivity contribution in [3.05, 3.63) is 112 Å². The Hall–Kier alpha value is -3.95. The fourth-order valence-electron chi connectivity index (χ4n) is 5.18. The SMILES string of the molecule is N=C(N)NCCC[C@@H]1N[C@H](CNC(=O)/C=C/c2ccc(Br)cc2)CCN(CC(c2ccccc2)c2ccccc2)C1=O. The number of carbonyl (C=O) groups excluding carboxylic acids is 2. The number of nitrogens with two attached hydrogens (primary N) is 1. The van der Waals surface area contributed by atoms with Crippen molar-refractivity contribution in [2.45, 2.75) is 37.3 Å². The first-order valence-corrected chi connectivity index (χ1v) is 15.1. The second-order valence-electron chi connectivity index (χ2n) is 10.5. The van der Waals surface area contributed by atoms with Crippen LogP contribution < -0.4 is 21.7 Å². The summed E-state index contributed by atoms with van der Waals surface area (Å²) in [6.07, 6.45) is 5.29. The van der Waals surface area contributed by atoms with Crippen LogP contribution in [0, 0.1) is 5.41 Å². The van der Waals surface area contributed by atoms with Crippen LogP contribution in [0.25, 0.3) is 6.08 Å². The fourth-order valence-corrected chi connectivity index (χ4v) is 5.45. The van der Waals surface area contributed by atoms with E-state index in [1.54, 1.807) is 6.08 Å². The maximum atomic E-state index is 13.9. The predicted octanol–water partition coefficient (Wildman–Crippen LogP) is 4.23. The smallest absolute Gasteiger partial charge is 0.244 e. The summed E-state index contributed by atoms with van der Waals surface area (Å²) < 4.78 is 0.984. The highest BCUT2D eigenvalue weighted by atomic mass is 79.9. The molecular formula is C33H39BrN6O2. The van der Waals surface area contributed by atoms with Crippen molar-refractivity contribution in [2.75, 3.05) is 26.2 Å². The molecule has 1 aliphatic rings. The lowest BCUT2D eigenvalue weighted by molar-refractivity contribution is -0.133. The van der Waals surface area contributed by atoms with Gasteiger partial charge in [-0.05, 0) is 54.2 Å². The van der Waals surface area contributed by atoms with E-state index in [-0.39, 0.29) is 29.7 Å². The van der Waals surface area contributed by atoms with E-state index in [4.69, 9.17) is 11.1 Å². The molecule has 6 N–H and O–H groups in total. The van der Waals surface area contributed by atoms with Crippen LogP contribution in [0.1, 0.15) is 41.9 Å². The van der Waals surface area contributed by atoms with Crippen molar-refractivity contribution in [2.24, 2.45) is 5.73 Å². The molecule has 0 saturated carbocycles. The van der Waals surface area contributed by atoms with Gasteiger partial charge in [-0.2, -0.15) is 0 Å². The standard InChI is InChI=1S/C33H39BrN6O2/c34-27-16-13-24(14-17-27)15-18-31(41)38-22-28-19-21-40(32(42)30(39-28)12-7-20-37-33(35)36)23-29(25-8-3-1-4-9-25)26-10-5-2-6-11-26/h1-6,8-11,13-18,28-30,39H,7,12,19-23H2,(H,38,41)(H4,35,36,37)/b18-15+/t28-,30-/m0/s1. The maximum Gasteiger partial charge on any atom is 0.244 e. The highest BCUT2D eigenvalue weighted by Crippen LogP contribution is 2.27. The molecular weight excluding hydrogens is 592 g/mol. The van der Waals surface area contributed by atoms with Gasteiger partial charge >= 0.3 is 0 Å². The number of nitrogens with zero attached hydrogens (tertiary/aromatic N) is 1. The summed E-state index contributed by atoms with van der Waals surface area (Å²) in [5.74, 6) is -0.167. The molecule has 0 aromatic heterocycles. The lowest BCUT2D eigenvalue weighted by atomic mass is 9.90. The molecule has 0 radical (unpaired) electrons. The Balaban J connectivity index is 1.45. The van der Waals surface area contributed by atoms with Crippen LogP contribution in [0.2, 0.25) is 0 Å². The van der Waals surface area contributed by atoms with Gasteiger partial charge in [0.05, 0.1) is 6.04 Å². The number of hydrogen-bond donors (Lipinski definition) is 5. The molecule has 1 aliphatic heterocycles. The number of amides is 2. The van der Waals surface area contributed by atoms with Gasteiger partial charge in [-0.15, -0.1) is 0 Å². The van der Waals surface area contributed by atoms with Crippen molar-refractivity contribution < 1.29 is 9.59 Å². The van der Waals surface area contributed by atoms with Crippen LogP contribution in [-0.4, -0.2) is 60.9 Å². The van der Waals surface area contributed by atoms with Crippen molar-refractivity contribution >= 4 is 39.8 Å². The van der Waals surface area contributed by atoms with Crippen LogP contribution in [0.5, 0.6) is 0 Å². The minimum absolute atomic E-state index is 0.0383. The van der Waals surface area contributed by atoms with Gasteiger partial charge < -0.3 is 26.6 Å². The molecule has 1 saturated heterocycles. The molecule has 1 heterocycles. The zero-order valence-electron chi connectivity index (χ0n) is 23.6. The largest absolute Gasteiger partial charge is 0.370 e. The van der Waals surface area contributed by atoms with Crippen LogP contribution in [0.3, 0.4) is 0 Å². The number of halogens is 1. The Bertz CT molecular complexity index is 1290. The Morgan fingerprint density at radius 3 is 2.29 bits per heavy atom. The normalized spacial score (nSPS) is 17.3. The summed E-state index contributed by atoms with van der Waals surface area (Å²) in [6.45, 7) is 2.07. The molecule has 2 amide bonds. The van der Waals surface area contributed by atoms with Crippen molar-refractivity contribution in [3.63, 3.8) is 0 Å². The molecule has 3 aromatic rings. The Morgan fingerprint density at radius 1 is 1.02 bits per heavy atom. The summed E-state index contributed by atoms with van der Waals surface area (Å²) in [5.41, 5.74) is 8.71. The number of rotatable bonds is 12. The third-order valence-electron chi connectivity index (χ3n) is 7.41. The third-order valence-corrected chi connectivity index (χ3v) is 7.93. The molecule has 42 heavy (non-hydrogen) atoms. The second kappa shape index (κ2) is 15.9. The molecule has 9 heteroatoms. The first kappa shape index (κ1) is 31.0. The van der Waals surface area contributed by atoms with E-state index in [1.807, 2.05) is 65.6 Å². The summed E-state index contributed by atoms with van der Waals surface area (Å²) in [5, 5.41) is 16.8. The van der Waals surface area contributed by atoms with Crippen molar-refractivity contribution in [3.8, 4) is 0 Å². The average Bonchev–Trinajstić information content (AvgIpc) is 3.15. The number of guanidine groups is 1. The molecule has 220 valence electrons. The number of hydrogen-bond acceptors (Lipinski definition) is 4. The molecule has 3 aromatic carbocycles. The number of benzene rings is 3. The summed E-state index contributed by atoms with van der Waals surface area (Å²) in [6, 6.07) is 27.9. The van der Waals surface area contributed by atoms with E-state index >= 15 is 0 Å². The molecule has 0 aliphatic carbocycles. The quantitative estimate of drug-likeness (QED) is 0.0887. The lowest BCUT2D eigenvalue weighted by Gasteiger charge is -2.29. The monoisotopic (exact) mass is 630 g/mol. The van der Waals surface area contributed by atoms with Crippen LogP contribution in [-0.2, 0) is 9.59 Å². The summed E-state index contributed by atoms with van der Waals surface area (Å²) >= 11 is 3.42. The Labute approximate surface area is 256 Å². The first-order valence-electron chi connectivity index (χ1n) is 14.3. The maximum absolute atomic E-state index is 13.9. The zero-order valence-corrected chi connectivity index (χ0v) is 25.2. The van der Waals surface area contributed by atoms with Gasteiger partial charge in [-0.3, -0.25) is 15.0 Å². The summed E-state index contributed by atoms with van der Waals surface area (Å²) in [7, 11) is 0. The van der Waals surface area contributed by atoms with E-state index in [0.717, 1.165) is 21.2 Å². The second-order valence-corrected chi connectivity index (χ2v) is 11.4. The predicted molar refractivity (Wildman–Crippen MR) is 172 cm³/mol. The molecule has 0 unspecified atom stereocenters. The average molecular weight is 632 g/mol. The third kappa shape index (κ3) is 9.56. The van der Waals surface area contributed by atoms with Gasteiger partial charge in [-0.1, -0.05) is 88.7 Å². The summed E-state index contributed by atoms with van der Waals surface area (Å²) in [4.78, 5) is 28.5.